The van der Waals surface area contributed by atoms with Gasteiger partial charge in [0.1, 0.15) is 0 Å². The molecular formula is C16H20F2N2O4. The van der Waals surface area contributed by atoms with Gasteiger partial charge < -0.3 is 19.9 Å². The number of rotatable bonds is 4. The molecule has 0 aromatic heterocycles. The van der Waals surface area contributed by atoms with Crippen molar-refractivity contribution in [3.63, 3.8) is 0 Å². The van der Waals surface area contributed by atoms with Crippen LogP contribution in [0.4, 0.5) is 8.78 Å². The molecule has 0 saturated carbocycles. The maximum Gasteiger partial charge on any atom is 0.586 e. The van der Waals surface area contributed by atoms with Crippen LogP contribution in [-0.4, -0.2) is 47.9 Å². The van der Waals surface area contributed by atoms with Gasteiger partial charge in [-0.15, -0.1) is 8.78 Å². The summed E-state index contributed by atoms with van der Waals surface area (Å²) in [7, 11) is 1.54. The maximum absolute atomic E-state index is 13.1. The lowest BCUT2D eigenvalue weighted by atomic mass is 9.89. The summed E-state index contributed by atoms with van der Waals surface area (Å²) in [5, 5.41) is 13.1. The number of hydrogen-bond donors (Lipinski definition) is 2. The van der Waals surface area contributed by atoms with Crippen molar-refractivity contribution in [1.29, 1.82) is 0 Å². The van der Waals surface area contributed by atoms with Gasteiger partial charge in [-0.25, -0.2) is 0 Å². The smallest absolute Gasteiger partial charge is 0.395 e. The molecule has 1 amide bonds. The highest BCUT2D eigenvalue weighted by molar-refractivity contribution is 5.76. The lowest BCUT2D eigenvalue weighted by molar-refractivity contribution is -0.286. The lowest BCUT2D eigenvalue weighted by Crippen LogP contribution is -2.49. The van der Waals surface area contributed by atoms with Gasteiger partial charge in [0.15, 0.2) is 11.5 Å². The van der Waals surface area contributed by atoms with Crippen molar-refractivity contribution in [3.8, 4) is 11.5 Å². The molecule has 1 aromatic rings. The van der Waals surface area contributed by atoms with E-state index in [1.54, 1.807) is 6.07 Å². The molecule has 2 aliphatic heterocycles. The molecule has 24 heavy (non-hydrogen) atoms. The van der Waals surface area contributed by atoms with Gasteiger partial charge in [-0.05, 0) is 37.1 Å². The van der Waals surface area contributed by atoms with Crippen molar-refractivity contribution in [2.75, 3.05) is 20.1 Å². The number of nitrogens with one attached hydrogen (secondary N) is 1. The summed E-state index contributed by atoms with van der Waals surface area (Å²) < 4.78 is 34.9. The highest BCUT2D eigenvalue weighted by Crippen LogP contribution is 2.41. The van der Waals surface area contributed by atoms with Crippen LogP contribution in [0.25, 0.3) is 0 Å². The Morgan fingerprint density at radius 3 is 2.88 bits per heavy atom. The molecule has 0 bridgehead atoms. The fraction of sp³-hybridized carbons (Fsp3) is 0.562. The van der Waals surface area contributed by atoms with Crippen molar-refractivity contribution in [2.45, 2.75) is 37.7 Å². The molecule has 2 N–H and O–H groups in total. The fourth-order valence-corrected chi connectivity index (χ4v) is 3.22. The van der Waals surface area contributed by atoms with Crippen LogP contribution in [-0.2, 0) is 11.3 Å². The maximum atomic E-state index is 13.1. The van der Waals surface area contributed by atoms with Crippen LogP contribution in [0.3, 0.4) is 0 Å². The third-order valence-corrected chi connectivity index (χ3v) is 4.27. The molecule has 2 heterocycles. The van der Waals surface area contributed by atoms with E-state index < -0.39 is 11.9 Å². The number of ether oxygens (including phenoxy) is 2. The number of piperidine rings is 1. The zero-order valence-electron chi connectivity index (χ0n) is 13.3. The zero-order chi connectivity index (χ0) is 17.4. The number of β-amino-alcohol motifs (C(OH)–C–C–N with tert-alkyl or cyclic N) is 1. The second-order valence-electron chi connectivity index (χ2n) is 6.34. The van der Waals surface area contributed by atoms with Gasteiger partial charge in [0, 0.05) is 20.1 Å². The minimum Gasteiger partial charge on any atom is -0.395 e. The normalized spacial score (nSPS) is 25.5. The number of amides is 1. The van der Waals surface area contributed by atoms with Gasteiger partial charge in [-0.2, -0.15) is 0 Å². The van der Waals surface area contributed by atoms with Gasteiger partial charge >= 0.3 is 6.29 Å². The number of fused-ring (bicyclic) bond motifs is 1. The molecule has 1 atom stereocenters. The standard InChI is InChI=1S/C16H20F2N2O4/c1-19-14(21)8-15(22)5-2-6-20(10-15)9-11-3-4-12-13(7-11)24-16(17,18)23-12/h3-4,7,22H,2,5-6,8-10H2,1H3,(H,19,21). The minimum atomic E-state index is -3.63. The highest BCUT2D eigenvalue weighted by atomic mass is 19.3. The first kappa shape index (κ1) is 16.9. The van der Waals surface area contributed by atoms with E-state index in [1.165, 1.54) is 19.2 Å². The SMILES string of the molecule is CNC(=O)CC1(O)CCCN(Cc2ccc3c(c2)OC(F)(F)O3)C1. The quantitative estimate of drug-likeness (QED) is 0.867. The minimum absolute atomic E-state index is 0.00938. The molecule has 1 unspecified atom stereocenters. The van der Waals surface area contributed by atoms with Crippen LogP contribution in [0.2, 0.25) is 0 Å². The molecule has 2 aliphatic rings. The predicted octanol–water partition coefficient (Wildman–Crippen LogP) is 1.47. The molecule has 1 aromatic carbocycles. The number of likely N-dealkylation sites (tertiary alicyclic amines) is 1. The van der Waals surface area contributed by atoms with Crippen molar-refractivity contribution in [3.05, 3.63) is 23.8 Å². The van der Waals surface area contributed by atoms with E-state index in [-0.39, 0.29) is 23.8 Å². The van der Waals surface area contributed by atoms with E-state index in [2.05, 4.69) is 14.8 Å². The summed E-state index contributed by atoms with van der Waals surface area (Å²) in [6.45, 7) is 1.59. The third-order valence-electron chi connectivity index (χ3n) is 4.27. The van der Waals surface area contributed by atoms with Crippen molar-refractivity contribution in [2.24, 2.45) is 0 Å². The van der Waals surface area contributed by atoms with Gasteiger partial charge in [-0.1, -0.05) is 6.07 Å². The monoisotopic (exact) mass is 342 g/mol. The molecule has 8 heteroatoms. The Kier molecular flexibility index (Phi) is 4.35. The molecule has 1 fully saturated rings. The van der Waals surface area contributed by atoms with Crippen molar-refractivity contribution >= 4 is 5.91 Å². The van der Waals surface area contributed by atoms with E-state index in [0.29, 0.717) is 19.5 Å². The van der Waals surface area contributed by atoms with Gasteiger partial charge in [0.2, 0.25) is 5.91 Å². The first-order valence-corrected chi connectivity index (χ1v) is 7.83. The van der Waals surface area contributed by atoms with Crippen molar-refractivity contribution in [1.82, 2.24) is 10.2 Å². The molecule has 132 valence electrons. The Labute approximate surface area is 138 Å². The molecule has 0 spiro atoms. The summed E-state index contributed by atoms with van der Waals surface area (Å²) in [4.78, 5) is 13.6. The summed E-state index contributed by atoms with van der Waals surface area (Å²) in [6, 6.07) is 4.66. The number of alkyl halides is 2. The van der Waals surface area contributed by atoms with Gasteiger partial charge in [0.25, 0.3) is 0 Å². The molecule has 1 saturated heterocycles. The van der Waals surface area contributed by atoms with Gasteiger partial charge in [0.05, 0.1) is 12.0 Å². The average Bonchev–Trinajstić information content (AvgIpc) is 2.80. The Bertz CT molecular complexity index is 641. The number of nitrogens with zero attached hydrogens (tertiary/aromatic N) is 1. The summed E-state index contributed by atoms with van der Waals surface area (Å²) >= 11 is 0. The Morgan fingerprint density at radius 1 is 1.38 bits per heavy atom. The molecule has 6 nitrogen and oxygen atoms in total. The van der Waals surface area contributed by atoms with Gasteiger partial charge in [-0.3, -0.25) is 9.69 Å². The van der Waals surface area contributed by atoms with Crippen LogP contribution in [0.1, 0.15) is 24.8 Å². The van der Waals surface area contributed by atoms with Crippen LogP contribution < -0.4 is 14.8 Å². The van der Waals surface area contributed by atoms with E-state index in [4.69, 9.17) is 0 Å². The molecular weight excluding hydrogens is 322 g/mol. The van der Waals surface area contributed by atoms with E-state index >= 15 is 0 Å². The average molecular weight is 342 g/mol. The molecule has 3 rings (SSSR count). The van der Waals surface area contributed by atoms with Crippen LogP contribution in [0.15, 0.2) is 18.2 Å². The van der Waals surface area contributed by atoms with E-state index in [9.17, 15) is 18.7 Å². The summed E-state index contributed by atoms with van der Waals surface area (Å²) in [5.74, 6) is -0.182. The highest BCUT2D eigenvalue weighted by Gasteiger charge is 2.43. The second-order valence-corrected chi connectivity index (χ2v) is 6.34. The molecule has 0 aliphatic carbocycles. The van der Waals surface area contributed by atoms with Crippen LogP contribution in [0, 0.1) is 0 Å². The Hall–Kier alpha value is -1.93. The summed E-state index contributed by atoms with van der Waals surface area (Å²) in [6.07, 6.45) is -2.26. The lowest BCUT2D eigenvalue weighted by Gasteiger charge is -2.38. The Morgan fingerprint density at radius 2 is 2.12 bits per heavy atom. The zero-order valence-corrected chi connectivity index (χ0v) is 13.3. The first-order chi connectivity index (χ1) is 11.3. The van der Waals surface area contributed by atoms with Crippen LogP contribution in [0.5, 0.6) is 11.5 Å². The number of carbonyl (C=O) groups is 1. The molecule has 0 radical (unpaired) electrons. The topological polar surface area (TPSA) is 71.0 Å². The number of hydrogen-bond acceptors (Lipinski definition) is 5. The summed E-state index contributed by atoms with van der Waals surface area (Å²) in [5.41, 5.74) is -0.291. The number of aliphatic hydroxyl groups is 1. The van der Waals surface area contributed by atoms with Crippen molar-refractivity contribution < 1.29 is 28.2 Å². The largest absolute Gasteiger partial charge is 0.586 e. The third kappa shape index (κ3) is 3.76. The predicted molar refractivity (Wildman–Crippen MR) is 80.8 cm³/mol. The number of halogens is 2. The number of carbonyl (C=O) groups excluding carboxylic acids is 1. The second kappa shape index (κ2) is 6.18. The fourth-order valence-electron chi connectivity index (χ4n) is 3.22. The van der Waals surface area contributed by atoms with E-state index in [0.717, 1.165) is 18.5 Å². The van der Waals surface area contributed by atoms with Crippen LogP contribution >= 0.6 is 0 Å². The number of benzene rings is 1. The Balaban J connectivity index is 1.65. The van der Waals surface area contributed by atoms with E-state index in [1.807, 2.05) is 4.90 Å². The first-order valence-electron chi connectivity index (χ1n) is 7.83.